The Morgan fingerprint density at radius 1 is 1.03 bits per heavy atom. The van der Waals surface area contributed by atoms with E-state index in [1.54, 1.807) is 12.1 Å². The molecule has 1 unspecified atom stereocenters. The first-order chi connectivity index (χ1) is 19.0. The summed E-state index contributed by atoms with van der Waals surface area (Å²) in [5.41, 5.74) is 4.78. The van der Waals surface area contributed by atoms with Crippen molar-refractivity contribution in [3.63, 3.8) is 0 Å². The summed E-state index contributed by atoms with van der Waals surface area (Å²) in [5.74, 6) is 0.830. The molecule has 0 bridgehead atoms. The summed E-state index contributed by atoms with van der Waals surface area (Å²) < 4.78 is 0. The highest BCUT2D eigenvalue weighted by Crippen LogP contribution is 2.35. The summed E-state index contributed by atoms with van der Waals surface area (Å²) in [5, 5.41) is 15.0. The summed E-state index contributed by atoms with van der Waals surface area (Å²) in [4.78, 5) is 36.0. The number of anilines is 2. The number of benzene rings is 3. The number of aryl methyl sites for hydroxylation is 1. The maximum Gasteiger partial charge on any atom is 0.269 e. The smallest absolute Gasteiger partial charge is 0.269 e. The Balaban J connectivity index is 1.26. The van der Waals surface area contributed by atoms with Gasteiger partial charge in [-0.15, -0.1) is 0 Å². The minimum atomic E-state index is -0.481. The highest BCUT2D eigenvalue weighted by molar-refractivity contribution is 7.80. The molecular weight excluding hydrogens is 512 g/mol. The quantitative estimate of drug-likeness (QED) is 0.182. The van der Waals surface area contributed by atoms with Crippen molar-refractivity contribution in [1.82, 2.24) is 14.9 Å². The van der Waals surface area contributed by atoms with Crippen LogP contribution in [0, 0.1) is 10.1 Å². The number of nitro benzene ring substituents is 1. The molecule has 1 fully saturated rings. The molecule has 1 amide bonds. The van der Waals surface area contributed by atoms with Crippen LogP contribution in [-0.4, -0.2) is 49.9 Å². The highest BCUT2D eigenvalue weighted by Gasteiger charge is 2.44. The maximum absolute atomic E-state index is 13.8. The van der Waals surface area contributed by atoms with E-state index in [1.807, 2.05) is 53.6 Å². The second kappa shape index (κ2) is 10.3. The number of amides is 1. The van der Waals surface area contributed by atoms with Gasteiger partial charge in [0.25, 0.3) is 11.6 Å². The molecule has 3 heterocycles. The third-order valence-corrected chi connectivity index (χ3v) is 7.78. The standard InChI is InChI=1S/C29H26N6O3S/c36-28-26(14-15-27-31-17-25(32-27)19-6-2-1-3-7-19)33(18-20-16-30-24-9-5-4-8-23(20)24)29(39)34(28)21-10-12-22(13-11-21)35(37)38/h1-13,17,20,26,30H,14-16,18H2,(H,31,32)/t20?,26-/m0/s1. The van der Waals surface area contributed by atoms with Gasteiger partial charge in [-0.05, 0) is 48.0 Å². The van der Waals surface area contributed by atoms with Gasteiger partial charge in [-0.1, -0.05) is 48.5 Å². The van der Waals surface area contributed by atoms with Gasteiger partial charge < -0.3 is 15.2 Å². The molecular formula is C29H26N6O3S. The van der Waals surface area contributed by atoms with Crippen LogP contribution in [0.4, 0.5) is 17.1 Å². The Bertz CT molecular complexity index is 1540. The third-order valence-electron chi connectivity index (χ3n) is 7.36. The molecule has 1 aromatic heterocycles. The molecule has 2 atom stereocenters. The number of para-hydroxylation sites is 1. The molecule has 1 saturated heterocycles. The molecule has 39 heavy (non-hydrogen) atoms. The van der Waals surface area contributed by atoms with Crippen molar-refractivity contribution in [3.8, 4) is 11.3 Å². The van der Waals surface area contributed by atoms with Crippen molar-refractivity contribution in [2.45, 2.75) is 24.8 Å². The number of aromatic amines is 1. The van der Waals surface area contributed by atoms with Gasteiger partial charge in [-0.3, -0.25) is 19.8 Å². The van der Waals surface area contributed by atoms with E-state index in [2.05, 4.69) is 27.4 Å². The normalized spacial score (nSPS) is 18.4. The molecule has 4 aromatic rings. The molecule has 10 heteroatoms. The third kappa shape index (κ3) is 4.74. The van der Waals surface area contributed by atoms with Gasteiger partial charge in [0.05, 0.1) is 22.5 Å². The number of carbonyl (C=O) groups is 1. The van der Waals surface area contributed by atoms with Crippen LogP contribution < -0.4 is 10.2 Å². The SMILES string of the molecule is O=C1[C@H](CCc2ncc(-c3ccccc3)[nH]2)N(CC2CNc3ccccc32)C(=S)N1c1ccc([N+](=O)[O-])cc1. The average molecular weight is 539 g/mol. The number of carbonyl (C=O) groups excluding carboxylic acids is 1. The van der Waals surface area contributed by atoms with Crippen LogP contribution in [-0.2, 0) is 11.2 Å². The average Bonchev–Trinajstić information content (AvgIpc) is 3.66. The van der Waals surface area contributed by atoms with Crippen molar-refractivity contribution in [1.29, 1.82) is 0 Å². The lowest BCUT2D eigenvalue weighted by molar-refractivity contribution is -0.384. The number of fused-ring (bicyclic) bond motifs is 1. The summed E-state index contributed by atoms with van der Waals surface area (Å²) in [6, 6.07) is 23.6. The molecule has 3 aromatic carbocycles. The van der Waals surface area contributed by atoms with Crippen LogP contribution in [0.5, 0.6) is 0 Å². The van der Waals surface area contributed by atoms with Crippen LogP contribution in [0.3, 0.4) is 0 Å². The second-order valence-corrected chi connectivity index (χ2v) is 10.1. The van der Waals surface area contributed by atoms with E-state index in [-0.39, 0.29) is 17.5 Å². The number of rotatable bonds is 8. The minimum absolute atomic E-state index is 0.0367. The van der Waals surface area contributed by atoms with Gasteiger partial charge >= 0.3 is 0 Å². The van der Waals surface area contributed by atoms with Gasteiger partial charge in [-0.25, -0.2) is 4.98 Å². The van der Waals surface area contributed by atoms with Gasteiger partial charge in [-0.2, -0.15) is 0 Å². The van der Waals surface area contributed by atoms with Crippen molar-refractivity contribution in [2.24, 2.45) is 0 Å². The zero-order chi connectivity index (χ0) is 26.9. The number of aromatic nitrogens is 2. The van der Waals surface area contributed by atoms with Crippen molar-refractivity contribution in [3.05, 3.63) is 107 Å². The fourth-order valence-corrected chi connectivity index (χ4v) is 5.77. The zero-order valence-electron chi connectivity index (χ0n) is 21.0. The molecule has 0 aliphatic carbocycles. The van der Waals surface area contributed by atoms with Crippen molar-refractivity contribution >= 4 is 40.3 Å². The lowest BCUT2D eigenvalue weighted by atomic mass is 10.00. The van der Waals surface area contributed by atoms with Gasteiger partial charge in [0.15, 0.2) is 5.11 Å². The van der Waals surface area contributed by atoms with Gasteiger partial charge in [0.2, 0.25) is 0 Å². The molecule has 2 aliphatic heterocycles. The summed E-state index contributed by atoms with van der Waals surface area (Å²) in [7, 11) is 0. The molecule has 0 spiro atoms. The number of thiocarbonyl (C=S) groups is 1. The van der Waals surface area contributed by atoms with Crippen molar-refractivity contribution in [2.75, 3.05) is 23.3 Å². The number of H-pyrrole nitrogens is 1. The van der Waals surface area contributed by atoms with E-state index >= 15 is 0 Å². The Hall–Kier alpha value is -4.57. The van der Waals surface area contributed by atoms with Crippen molar-refractivity contribution < 1.29 is 9.72 Å². The largest absolute Gasteiger partial charge is 0.384 e. The molecule has 9 nitrogen and oxygen atoms in total. The number of non-ortho nitro benzene ring substituents is 1. The molecule has 2 aliphatic rings. The number of nitro groups is 1. The van der Waals surface area contributed by atoms with Gasteiger partial charge in [0, 0.05) is 43.2 Å². The van der Waals surface area contributed by atoms with E-state index in [9.17, 15) is 14.9 Å². The number of nitrogens with one attached hydrogen (secondary N) is 2. The first-order valence-electron chi connectivity index (χ1n) is 12.8. The lowest BCUT2D eigenvalue weighted by Crippen LogP contribution is -2.39. The predicted molar refractivity (Wildman–Crippen MR) is 154 cm³/mol. The minimum Gasteiger partial charge on any atom is -0.384 e. The topological polar surface area (TPSA) is 107 Å². The molecule has 6 rings (SSSR count). The fourth-order valence-electron chi connectivity index (χ4n) is 5.37. The Labute approximate surface area is 230 Å². The highest BCUT2D eigenvalue weighted by atomic mass is 32.1. The van der Waals surface area contributed by atoms with E-state index in [4.69, 9.17) is 12.2 Å². The predicted octanol–water partition coefficient (Wildman–Crippen LogP) is 5.13. The molecule has 196 valence electrons. The number of imidazole rings is 1. The van der Waals surface area contributed by atoms with E-state index in [1.165, 1.54) is 22.6 Å². The first-order valence-corrected chi connectivity index (χ1v) is 13.2. The van der Waals surface area contributed by atoms with Crippen LogP contribution >= 0.6 is 12.2 Å². The number of hydrogen-bond acceptors (Lipinski definition) is 6. The van der Waals surface area contributed by atoms with E-state index in [0.717, 1.165) is 29.3 Å². The maximum atomic E-state index is 13.8. The van der Waals surface area contributed by atoms with Crippen LogP contribution in [0.15, 0.2) is 85.1 Å². The molecule has 0 radical (unpaired) electrons. The van der Waals surface area contributed by atoms with E-state index in [0.29, 0.717) is 30.2 Å². The summed E-state index contributed by atoms with van der Waals surface area (Å²) in [6.07, 6.45) is 2.90. The second-order valence-electron chi connectivity index (χ2n) is 9.71. The number of hydrogen-bond donors (Lipinski definition) is 2. The van der Waals surface area contributed by atoms with Crippen LogP contribution in [0.25, 0.3) is 11.3 Å². The Morgan fingerprint density at radius 3 is 2.54 bits per heavy atom. The Kier molecular flexibility index (Phi) is 6.54. The first kappa shape index (κ1) is 24.7. The number of nitrogens with zero attached hydrogens (tertiary/aromatic N) is 4. The summed E-state index contributed by atoms with van der Waals surface area (Å²) in [6.45, 7) is 1.34. The molecule has 2 N–H and O–H groups in total. The van der Waals surface area contributed by atoms with Crippen LogP contribution in [0.1, 0.15) is 23.7 Å². The zero-order valence-corrected chi connectivity index (χ0v) is 21.8. The lowest BCUT2D eigenvalue weighted by Gasteiger charge is -2.27. The monoisotopic (exact) mass is 538 g/mol. The molecule has 0 saturated carbocycles. The van der Waals surface area contributed by atoms with Gasteiger partial charge in [0.1, 0.15) is 11.9 Å². The van der Waals surface area contributed by atoms with E-state index < -0.39 is 11.0 Å². The van der Waals surface area contributed by atoms with Crippen LogP contribution in [0.2, 0.25) is 0 Å². The Morgan fingerprint density at radius 2 is 1.77 bits per heavy atom. The fraction of sp³-hybridized carbons (Fsp3) is 0.207. The summed E-state index contributed by atoms with van der Waals surface area (Å²) >= 11 is 5.87.